The number of hydrogen-bond donors (Lipinski definition) is 2. The molecule has 1 heterocycles. The van der Waals surface area contributed by atoms with Gasteiger partial charge in [-0.1, -0.05) is 36.4 Å². The van der Waals surface area contributed by atoms with Crippen LogP contribution in [0.3, 0.4) is 0 Å². The quantitative estimate of drug-likeness (QED) is 0.580. The molecule has 3 rings (SSSR count). The second-order valence-corrected chi connectivity index (χ2v) is 6.55. The summed E-state index contributed by atoms with van der Waals surface area (Å²) in [4.78, 5) is 11.3. The van der Waals surface area contributed by atoms with Crippen molar-refractivity contribution in [3.63, 3.8) is 0 Å². The molecule has 140 valence electrons. The van der Waals surface area contributed by atoms with E-state index >= 15 is 0 Å². The highest BCUT2D eigenvalue weighted by Crippen LogP contribution is 2.23. The lowest BCUT2D eigenvalue weighted by molar-refractivity contribution is 0.405. The molecule has 0 aliphatic heterocycles. The van der Waals surface area contributed by atoms with Crippen LogP contribution in [-0.2, 0) is 0 Å². The van der Waals surface area contributed by atoms with Gasteiger partial charge in [-0.2, -0.15) is 4.98 Å². The minimum Gasteiger partial charge on any atom is -0.370 e. The minimum absolute atomic E-state index is 0.304. The first-order valence-electron chi connectivity index (χ1n) is 8.96. The summed E-state index contributed by atoms with van der Waals surface area (Å²) in [5, 5.41) is 6.45. The van der Waals surface area contributed by atoms with Gasteiger partial charge < -0.3 is 15.5 Å². The number of anilines is 3. The summed E-state index contributed by atoms with van der Waals surface area (Å²) in [7, 11) is 4.11. The lowest BCUT2D eigenvalue weighted by Gasteiger charge is -2.13. The molecule has 2 aromatic carbocycles. The Morgan fingerprint density at radius 2 is 1.78 bits per heavy atom. The molecular formula is C21H24FN5. The Bertz CT molecular complexity index is 867. The summed E-state index contributed by atoms with van der Waals surface area (Å²) in [6.45, 7) is 1.81. The van der Waals surface area contributed by atoms with E-state index in [2.05, 4.69) is 39.6 Å². The summed E-state index contributed by atoms with van der Waals surface area (Å²) < 4.78 is 13.5. The standard InChI is InChI=1S/C21H24FN5/c1-27(2)13-7-12-23-20-15-19(16-8-4-3-5-9-16)25-21(26-20)24-18-11-6-10-17(22)14-18/h3-6,8-11,14-15H,7,12-13H2,1-2H3,(H2,23,24,25,26). The van der Waals surface area contributed by atoms with Crippen molar-refractivity contribution >= 4 is 17.5 Å². The van der Waals surface area contributed by atoms with Crippen molar-refractivity contribution < 1.29 is 4.39 Å². The highest BCUT2D eigenvalue weighted by molar-refractivity contribution is 5.66. The van der Waals surface area contributed by atoms with Crippen LogP contribution >= 0.6 is 0 Å². The lowest BCUT2D eigenvalue weighted by atomic mass is 10.1. The molecule has 0 fully saturated rings. The highest BCUT2D eigenvalue weighted by atomic mass is 19.1. The molecule has 3 aromatic rings. The third-order valence-corrected chi connectivity index (χ3v) is 3.96. The van der Waals surface area contributed by atoms with Crippen LogP contribution in [0.1, 0.15) is 6.42 Å². The van der Waals surface area contributed by atoms with E-state index < -0.39 is 0 Å². The minimum atomic E-state index is -0.304. The molecule has 0 radical (unpaired) electrons. The van der Waals surface area contributed by atoms with Crippen molar-refractivity contribution in [2.24, 2.45) is 0 Å². The Morgan fingerprint density at radius 3 is 2.52 bits per heavy atom. The van der Waals surface area contributed by atoms with Crippen molar-refractivity contribution in [3.05, 3.63) is 66.5 Å². The molecule has 0 atom stereocenters. The van der Waals surface area contributed by atoms with Gasteiger partial charge in [0.15, 0.2) is 0 Å². The fourth-order valence-corrected chi connectivity index (χ4v) is 2.66. The monoisotopic (exact) mass is 365 g/mol. The van der Waals surface area contributed by atoms with Gasteiger partial charge in [0.05, 0.1) is 5.69 Å². The van der Waals surface area contributed by atoms with Gasteiger partial charge in [-0.25, -0.2) is 9.37 Å². The second-order valence-electron chi connectivity index (χ2n) is 6.55. The molecule has 2 N–H and O–H groups in total. The Kier molecular flexibility index (Phi) is 6.33. The number of nitrogens with one attached hydrogen (secondary N) is 2. The first-order valence-corrected chi connectivity index (χ1v) is 8.96. The topological polar surface area (TPSA) is 53.1 Å². The zero-order chi connectivity index (χ0) is 19.1. The van der Waals surface area contributed by atoms with E-state index in [0.717, 1.165) is 36.6 Å². The maximum absolute atomic E-state index is 13.5. The first-order chi connectivity index (χ1) is 13.1. The summed E-state index contributed by atoms with van der Waals surface area (Å²) in [6, 6.07) is 18.1. The third kappa shape index (κ3) is 5.76. The number of rotatable bonds is 8. The number of nitrogens with zero attached hydrogens (tertiary/aromatic N) is 3. The average molecular weight is 365 g/mol. The molecule has 5 nitrogen and oxygen atoms in total. The van der Waals surface area contributed by atoms with Crippen LogP contribution in [-0.4, -0.2) is 42.1 Å². The molecule has 0 bridgehead atoms. The van der Waals surface area contributed by atoms with Gasteiger partial charge in [-0.05, 0) is 45.3 Å². The maximum Gasteiger partial charge on any atom is 0.229 e. The van der Waals surface area contributed by atoms with E-state index in [1.165, 1.54) is 12.1 Å². The molecule has 6 heteroatoms. The normalized spacial score (nSPS) is 10.8. The molecule has 27 heavy (non-hydrogen) atoms. The summed E-state index contributed by atoms with van der Waals surface area (Å²) >= 11 is 0. The van der Waals surface area contributed by atoms with Crippen LogP contribution < -0.4 is 10.6 Å². The van der Waals surface area contributed by atoms with Crippen LogP contribution in [0.15, 0.2) is 60.7 Å². The molecule has 0 saturated heterocycles. The SMILES string of the molecule is CN(C)CCCNc1cc(-c2ccccc2)nc(Nc2cccc(F)c2)n1. The van der Waals surface area contributed by atoms with E-state index in [4.69, 9.17) is 0 Å². The zero-order valence-electron chi connectivity index (χ0n) is 15.6. The Hall–Kier alpha value is -2.99. The molecular weight excluding hydrogens is 341 g/mol. The zero-order valence-corrected chi connectivity index (χ0v) is 15.6. The lowest BCUT2D eigenvalue weighted by Crippen LogP contribution is -2.16. The van der Waals surface area contributed by atoms with Gasteiger partial charge in [0.1, 0.15) is 11.6 Å². The predicted octanol–water partition coefficient (Wildman–Crippen LogP) is 4.39. The van der Waals surface area contributed by atoms with Crippen molar-refractivity contribution in [2.75, 3.05) is 37.8 Å². The molecule has 0 aliphatic carbocycles. The van der Waals surface area contributed by atoms with Gasteiger partial charge in [0.2, 0.25) is 5.95 Å². The fourth-order valence-electron chi connectivity index (χ4n) is 2.66. The van der Waals surface area contributed by atoms with E-state index in [0.29, 0.717) is 11.6 Å². The average Bonchev–Trinajstić information content (AvgIpc) is 2.66. The van der Waals surface area contributed by atoms with Crippen LogP contribution in [0.4, 0.5) is 21.8 Å². The van der Waals surface area contributed by atoms with E-state index in [9.17, 15) is 4.39 Å². The van der Waals surface area contributed by atoms with Crippen molar-refractivity contribution in [3.8, 4) is 11.3 Å². The number of benzene rings is 2. The second kappa shape index (κ2) is 9.09. The smallest absolute Gasteiger partial charge is 0.229 e. The molecule has 0 aliphatic rings. The van der Waals surface area contributed by atoms with E-state index in [1.54, 1.807) is 12.1 Å². The van der Waals surface area contributed by atoms with Crippen LogP contribution in [0.5, 0.6) is 0 Å². The number of hydrogen-bond acceptors (Lipinski definition) is 5. The van der Waals surface area contributed by atoms with Crippen molar-refractivity contribution in [1.29, 1.82) is 0 Å². The Morgan fingerprint density at radius 1 is 0.963 bits per heavy atom. The largest absolute Gasteiger partial charge is 0.370 e. The van der Waals surface area contributed by atoms with Gasteiger partial charge >= 0.3 is 0 Å². The van der Waals surface area contributed by atoms with Gasteiger partial charge in [-0.3, -0.25) is 0 Å². The molecule has 0 unspecified atom stereocenters. The number of aromatic nitrogens is 2. The Balaban J connectivity index is 1.83. The molecule has 0 spiro atoms. The summed E-state index contributed by atoms with van der Waals surface area (Å²) in [5.41, 5.74) is 2.41. The van der Waals surface area contributed by atoms with Crippen LogP contribution in [0.25, 0.3) is 11.3 Å². The summed E-state index contributed by atoms with van der Waals surface area (Å²) in [6.07, 6.45) is 1.00. The third-order valence-electron chi connectivity index (χ3n) is 3.96. The van der Waals surface area contributed by atoms with Crippen LogP contribution in [0.2, 0.25) is 0 Å². The first kappa shape index (κ1) is 18.8. The van der Waals surface area contributed by atoms with Crippen molar-refractivity contribution in [2.45, 2.75) is 6.42 Å². The van der Waals surface area contributed by atoms with E-state index in [1.807, 2.05) is 36.4 Å². The van der Waals surface area contributed by atoms with Crippen LogP contribution in [0, 0.1) is 5.82 Å². The predicted molar refractivity (Wildman–Crippen MR) is 109 cm³/mol. The fraction of sp³-hybridized carbons (Fsp3) is 0.238. The highest BCUT2D eigenvalue weighted by Gasteiger charge is 2.08. The number of halogens is 1. The van der Waals surface area contributed by atoms with Gasteiger partial charge in [-0.15, -0.1) is 0 Å². The maximum atomic E-state index is 13.5. The Labute approximate surface area is 159 Å². The van der Waals surface area contributed by atoms with Gasteiger partial charge in [0.25, 0.3) is 0 Å². The van der Waals surface area contributed by atoms with Gasteiger partial charge in [0, 0.05) is 23.9 Å². The molecule has 0 amide bonds. The van der Waals surface area contributed by atoms with Crippen molar-refractivity contribution in [1.82, 2.24) is 14.9 Å². The molecule has 1 aromatic heterocycles. The molecule has 0 saturated carbocycles. The van der Waals surface area contributed by atoms with E-state index in [-0.39, 0.29) is 5.82 Å². The summed E-state index contributed by atoms with van der Waals surface area (Å²) in [5.74, 6) is 0.861.